The average Bonchev–Trinajstić information content (AvgIpc) is 0.796. The van der Waals surface area contributed by atoms with Crippen molar-refractivity contribution in [3.63, 3.8) is 0 Å². The zero-order valence-corrected chi connectivity index (χ0v) is 60.4. The summed E-state index contributed by atoms with van der Waals surface area (Å²) < 4.78 is 9.84. The molecule has 0 atom stereocenters. The van der Waals surface area contributed by atoms with Gasteiger partial charge >= 0.3 is 0 Å². The van der Waals surface area contributed by atoms with E-state index >= 15 is 0 Å². The van der Waals surface area contributed by atoms with Crippen molar-refractivity contribution in [2.24, 2.45) is 21.7 Å². The molecule has 0 saturated carbocycles. The SMILES string of the molecule is C.C#Cc1ccccn1.CC1(C)CCc2cc3cc(Br)ccc3c(=O)n2C1.CC1(C)CCc2cc3cc(C#Cc4ccccn4)ccc3c(=O)n2C1.CC1(C)CCn2c(cc3cc(Br)ccc3c2=O)C1.CC1(C)CCn2c(cc3cc(C#Cc4ccccn4)ccc3c2=O)C1.Cl.Cl. The summed E-state index contributed by atoms with van der Waals surface area (Å²) in [4.78, 5) is 62.9. The van der Waals surface area contributed by atoms with Crippen molar-refractivity contribution in [2.75, 3.05) is 0 Å². The van der Waals surface area contributed by atoms with Crippen LogP contribution in [0.15, 0.2) is 198 Å². The Morgan fingerprint density at radius 3 is 1.08 bits per heavy atom. The van der Waals surface area contributed by atoms with E-state index < -0.39 is 0 Å². The van der Waals surface area contributed by atoms with Gasteiger partial charge in [0.15, 0.2) is 0 Å². The molecule has 11 nitrogen and oxygen atoms in total. The standard InChI is InChI=1S/2C22H20N2O.2C15H16BrNO.C7H5N.CH4.2ClH/c1-22(2)11-10-19-14-17-13-16(6-8-18-5-3-4-12-23-18)7-9-20(17)21(25)24(19)15-22;1-22(2)10-12-24-19(15-22)14-17-13-16(7-9-20(17)21(24)25)6-8-18-5-3-4-11-23-18;1-15(2)5-6-17-12(9-15)8-10-7-11(16)3-4-13(10)14(17)18;1-15(2)6-5-12-8-10-7-11(16)3-4-13(10)14(18)17(12)9-15;1-2-7-5-3-4-6-8-7;;;/h3-5,7,9,12-14H,10-11,15H2,1-2H3;3-5,7,9,11,13-14H,10,12,15H2,1-2H3;2*3-4,7-8H,5-6,9H2,1-2H3;1,3-6H;1H4;2*1H. The van der Waals surface area contributed by atoms with Crippen LogP contribution in [-0.4, -0.2) is 33.2 Å². The lowest BCUT2D eigenvalue weighted by molar-refractivity contribution is 0.245. The van der Waals surface area contributed by atoms with Gasteiger partial charge in [0.2, 0.25) is 0 Å². The van der Waals surface area contributed by atoms with Gasteiger partial charge in [-0.25, -0.2) is 15.0 Å². The molecule has 7 aromatic heterocycles. The molecule has 4 aliphatic rings. The minimum Gasteiger partial charge on any atom is -0.312 e. The largest absolute Gasteiger partial charge is 0.312 e. The van der Waals surface area contributed by atoms with Gasteiger partial charge in [0.05, 0.1) is 0 Å². The summed E-state index contributed by atoms with van der Waals surface area (Å²) in [6, 6.07) is 48.9. The zero-order valence-electron chi connectivity index (χ0n) is 55.6. The van der Waals surface area contributed by atoms with Gasteiger partial charge in [0, 0.05) is 109 Å². The first-order chi connectivity index (χ1) is 44.9. The van der Waals surface area contributed by atoms with E-state index in [4.69, 9.17) is 6.42 Å². The average molecular weight is 1460 g/mol. The number of hydrogen-bond acceptors (Lipinski definition) is 7. The Labute approximate surface area is 598 Å². The molecule has 4 aromatic carbocycles. The van der Waals surface area contributed by atoms with Crippen LogP contribution < -0.4 is 22.2 Å². The molecular formula is C82H83Br2Cl2N7O4. The summed E-state index contributed by atoms with van der Waals surface area (Å²) in [5.74, 6) is 14.8. The Kier molecular flexibility index (Phi) is 23.9. The molecule has 0 spiro atoms. The number of rotatable bonds is 0. The van der Waals surface area contributed by atoms with Crippen LogP contribution in [0.5, 0.6) is 0 Å². The van der Waals surface area contributed by atoms with Gasteiger partial charge < -0.3 is 18.3 Å². The molecule has 4 aliphatic heterocycles. The lowest BCUT2D eigenvalue weighted by atomic mass is 9.81. The highest BCUT2D eigenvalue weighted by Crippen LogP contribution is 2.35. The number of fused-ring (bicyclic) bond motifs is 8. The van der Waals surface area contributed by atoms with Crippen LogP contribution in [0.4, 0.5) is 0 Å². The van der Waals surface area contributed by atoms with Crippen LogP contribution in [0.25, 0.3) is 43.1 Å². The van der Waals surface area contributed by atoms with Crippen molar-refractivity contribution in [3.8, 4) is 36.0 Å². The second-order valence-corrected chi connectivity index (χ2v) is 29.9. The lowest BCUT2D eigenvalue weighted by Gasteiger charge is -2.32. The summed E-state index contributed by atoms with van der Waals surface area (Å²) >= 11 is 6.93. The van der Waals surface area contributed by atoms with E-state index in [1.54, 1.807) is 24.7 Å². The highest BCUT2D eigenvalue weighted by Gasteiger charge is 2.30. The third-order valence-electron chi connectivity index (χ3n) is 18.2. The molecular weight excluding hydrogens is 1380 g/mol. The number of hydrogen-bond donors (Lipinski definition) is 0. The summed E-state index contributed by atoms with van der Waals surface area (Å²) in [7, 11) is 0. The predicted molar refractivity (Wildman–Crippen MR) is 410 cm³/mol. The van der Waals surface area contributed by atoms with Crippen LogP contribution >= 0.6 is 56.7 Å². The molecule has 11 aromatic rings. The number of halogens is 4. The van der Waals surface area contributed by atoms with E-state index in [0.29, 0.717) is 11.1 Å². The summed E-state index contributed by atoms with van der Waals surface area (Å²) in [6.45, 7) is 21.2. The van der Waals surface area contributed by atoms with E-state index in [2.05, 4.69) is 156 Å². The van der Waals surface area contributed by atoms with Crippen LogP contribution in [0.3, 0.4) is 0 Å². The highest BCUT2D eigenvalue weighted by atomic mass is 79.9. The molecule has 0 saturated heterocycles. The fourth-order valence-electron chi connectivity index (χ4n) is 12.8. The van der Waals surface area contributed by atoms with E-state index in [1.165, 1.54) is 11.4 Å². The number of aryl methyl sites for hydroxylation is 2. The van der Waals surface area contributed by atoms with E-state index in [1.807, 2.05) is 140 Å². The van der Waals surface area contributed by atoms with Crippen LogP contribution in [-0.2, 0) is 51.9 Å². The van der Waals surface area contributed by atoms with E-state index in [-0.39, 0.29) is 70.7 Å². The zero-order chi connectivity index (χ0) is 66.5. The number of pyridine rings is 7. The number of aromatic nitrogens is 7. The normalized spacial score (nSPS) is 15.1. The van der Waals surface area contributed by atoms with Crippen molar-refractivity contribution >= 4 is 99.8 Å². The molecule has 498 valence electrons. The monoisotopic (exact) mass is 1460 g/mol. The Bertz CT molecular complexity index is 5140. The molecule has 0 fully saturated rings. The maximum Gasteiger partial charge on any atom is 0.258 e. The fourth-order valence-corrected chi connectivity index (χ4v) is 13.6. The number of benzene rings is 4. The first kappa shape index (κ1) is 74.2. The smallest absolute Gasteiger partial charge is 0.258 e. The lowest BCUT2D eigenvalue weighted by Crippen LogP contribution is -2.35. The molecule has 15 heteroatoms. The molecule has 0 unspecified atom stereocenters. The van der Waals surface area contributed by atoms with Gasteiger partial charge in [0.25, 0.3) is 22.2 Å². The van der Waals surface area contributed by atoms with Gasteiger partial charge in [-0.05, 0) is 240 Å². The van der Waals surface area contributed by atoms with Crippen LogP contribution in [0.1, 0.15) is 139 Å². The fraction of sp³-hybridized carbons (Fsp3) is 0.305. The molecule has 11 heterocycles. The van der Waals surface area contributed by atoms with E-state index in [9.17, 15) is 19.2 Å². The van der Waals surface area contributed by atoms with Crippen molar-refractivity contribution < 1.29 is 0 Å². The van der Waals surface area contributed by atoms with Crippen LogP contribution in [0, 0.1) is 57.7 Å². The third kappa shape index (κ3) is 18.1. The topological polar surface area (TPSA) is 127 Å². The maximum atomic E-state index is 12.9. The Morgan fingerprint density at radius 1 is 0.392 bits per heavy atom. The Balaban J connectivity index is 0.000000159. The van der Waals surface area contributed by atoms with Crippen molar-refractivity contribution in [1.82, 2.24) is 33.2 Å². The molecule has 0 amide bonds. The summed E-state index contributed by atoms with van der Waals surface area (Å²) in [5, 5.41) is 7.21. The van der Waals surface area contributed by atoms with Crippen LogP contribution in [0.2, 0.25) is 0 Å². The minimum absolute atomic E-state index is 0. The van der Waals surface area contributed by atoms with Gasteiger partial charge in [0.1, 0.15) is 17.1 Å². The van der Waals surface area contributed by atoms with E-state index in [0.717, 1.165) is 163 Å². The summed E-state index contributed by atoms with van der Waals surface area (Å²) in [6.07, 6.45) is 18.4. The first-order valence-corrected chi connectivity index (χ1v) is 33.7. The Hall–Kier alpha value is -8.61. The highest BCUT2D eigenvalue weighted by molar-refractivity contribution is 9.10. The summed E-state index contributed by atoms with van der Waals surface area (Å²) in [5.41, 5.74) is 10.1. The second kappa shape index (κ2) is 31.3. The predicted octanol–water partition coefficient (Wildman–Crippen LogP) is 17.6. The molecule has 0 bridgehead atoms. The van der Waals surface area contributed by atoms with Crippen molar-refractivity contribution in [3.05, 3.63) is 272 Å². The van der Waals surface area contributed by atoms with Crippen molar-refractivity contribution in [1.29, 1.82) is 0 Å². The molecule has 0 N–H and O–H groups in total. The minimum atomic E-state index is 0. The quantitative estimate of drug-likeness (QED) is 0.138. The van der Waals surface area contributed by atoms with Gasteiger partial charge in [-0.2, -0.15) is 0 Å². The van der Waals surface area contributed by atoms with Gasteiger partial charge in [-0.3, -0.25) is 19.2 Å². The van der Waals surface area contributed by atoms with Gasteiger partial charge in [-0.15, -0.1) is 31.2 Å². The maximum absolute atomic E-state index is 12.9. The molecule has 0 aliphatic carbocycles. The number of terminal acetylenes is 1. The molecule has 15 rings (SSSR count). The number of nitrogens with zero attached hydrogens (tertiary/aromatic N) is 7. The molecule has 97 heavy (non-hydrogen) atoms. The Morgan fingerprint density at radius 2 is 0.732 bits per heavy atom. The third-order valence-corrected chi connectivity index (χ3v) is 19.1. The first-order valence-electron chi connectivity index (χ1n) is 32.1. The van der Waals surface area contributed by atoms with Gasteiger partial charge in [-0.1, -0.05) is 131 Å². The van der Waals surface area contributed by atoms with Crippen molar-refractivity contribution in [2.45, 2.75) is 140 Å². The molecule has 0 radical (unpaired) electrons. The second-order valence-electron chi connectivity index (χ2n) is 28.1.